The third kappa shape index (κ3) is 22.2. The fourth-order valence-corrected chi connectivity index (χ4v) is 17.0. The van der Waals surface area contributed by atoms with Crippen LogP contribution < -0.4 is 26.5 Å². The third-order valence-electron chi connectivity index (χ3n) is 16.2. The van der Waals surface area contributed by atoms with E-state index in [0.29, 0.717) is 36.3 Å². The van der Waals surface area contributed by atoms with Crippen molar-refractivity contribution < 1.29 is 25.8 Å². The van der Waals surface area contributed by atoms with Crippen molar-refractivity contribution in [1.29, 1.82) is 0 Å². The van der Waals surface area contributed by atoms with Crippen molar-refractivity contribution >= 4 is 42.6 Å². The van der Waals surface area contributed by atoms with Crippen LogP contribution in [0.3, 0.4) is 0 Å². The van der Waals surface area contributed by atoms with Crippen molar-refractivity contribution in [3.05, 3.63) is 157 Å². The Balaban J connectivity index is 0.000000212. The van der Waals surface area contributed by atoms with E-state index in [2.05, 4.69) is 134 Å². The van der Waals surface area contributed by atoms with E-state index in [4.69, 9.17) is 26.3 Å². The Bertz CT molecular complexity index is 1910. The number of nitrogens with zero attached hydrogens (tertiary/aromatic N) is 5. The quantitative estimate of drug-likeness (QED) is 0.0392. The molecule has 6 aliphatic rings. The van der Waals surface area contributed by atoms with Gasteiger partial charge in [-0.1, -0.05) is 296 Å². The number of rotatable bonds is 16. The molecule has 0 amide bonds. The van der Waals surface area contributed by atoms with E-state index in [1.54, 1.807) is 0 Å². The van der Waals surface area contributed by atoms with Gasteiger partial charge >= 0.3 is 0 Å². The van der Waals surface area contributed by atoms with Gasteiger partial charge in [-0.15, -0.1) is 31.1 Å². The van der Waals surface area contributed by atoms with Crippen LogP contribution in [-0.2, 0) is 25.8 Å². The molecule has 6 fully saturated rings. The zero-order valence-electron chi connectivity index (χ0n) is 47.0. The molecule has 4 aromatic rings. The van der Waals surface area contributed by atoms with Crippen LogP contribution >= 0.6 is 15.8 Å². The topological polar surface area (TPSA) is 80.8 Å². The van der Waals surface area contributed by atoms with Gasteiger partial charge in [0.15, 0.2) is 0 Å². The van der Waals surface area contributed by atoms with Crippen molar-refractivity contribution in [3.8, 4) is 0 Å². The van der Waals surface area contributed by atoms with Gasteiger partial charge in [0.25, 0.3) is 0 Å². The summed E-state index contributed by atoms with van der Waals surface area (Å²) < 4.78 is 0. The molecule has 412 valence electrons. The second-order valence-electron chi connectivity index (χ2n) is 22.0. The van der Waals surface area contributed by atoms with Gasteiger partial charge in [0.1, 0.15) is 5.58 Å². The standard InChI is InChI=1S/2C25H33N2P.C14H26N2.2CH3.Hf/c2*1-5-13-21(14-6-1)26-25(27-22-15-7-2-8-16-22)28(23-17-9-3-10-18-23)24-19-11-4-12-20-24;1-12(15-13-8-4-2-5-9-13)16-14-10-6-3-7-11-14;;;/h3-4,9-12,17-22H,1-2,5-8,13-16H2,(H,26,27);3-4,9-12,17-22,25H,1-2,5-8,13-16H2;12-14H,2-11H2,1H3;2*1H3;/q;2*-2;2*-1;. The summed E-state index contributed by atoms with van der Waals surface area (Å²) in [4.78, 5) is 5.42. The monoisotopic (exact) mass is 1220 g/mol. The molecule has 0 spiro atoms. The first kappa shape index (κ1) is 63.7. The minimum atomic E-state index is -0.625. The molecule has 6 saturated carbocycles. The summed E-state index contributed by atoms with van der Waals surface area (Å²) in [5.41, 5.74) is 1.27. The van der Waals surface area contributed by atoms with E-state index in [0.717, 1.165) is 0 Å². The molecule has 0 saturated heterocycles. The summed E-state index contributed by atoms with van der Waals surface area (Å²) in [6.45, 7) is 2.18. The molecule has 0 unspecified atom stereocenters. The van der Waals surface area contributed by atoms with Crippen LogP contribution in [0, 0.1) is 14.9 Å². The summed E-state index contributed by atoms with van der Waals surface area (Å²) in [5, 5.41) is 30.2. The van der Waals surface area contributed by atoms with Gasteiger partial charge in [0.05, 0.1) is 6.04 Å². The third-order valence-corrected chi connectivity index (χ3v) is 20.9. The number of hydrogen-bond acceptors (Lipinski definition) is 1. The van der Waals surface area contributed by atoms with Crippen molar-refractivity contribution in [2.24, 2.45) is 4.99 Å². The maximum absolute atomic E-state index is 5.44. The van der Waals surface area contributed by atoms with E-state index in [9.17, 15) is 0 Å². The second-order valence-corrected chi connectivity index (χ2v) is 26.4. The van der Waals surface area contributed by atoms with Crippen molar-refractivity contribution in [3.63, 3.8) is 0 Å². The summed E-state index contributed by atoms with van der Waals surface area (Å²) >= 11 is 0. The molecular weight excluding hydrogens is 1120 g/mol. The molecule has 0 atom stereocenters. The van der Waals surface area contributed by atoms with E-state index in [-0.39, 0.29) is 52.8 Å². The predicted octanol–water partition coefficient (Wildman–Crippen LogP) is 18.2. The molecule has 0 heterocycles. The average molecular weight is 1220 g/mol. The van der Waals surface area contributed by atoms with E-state index < -0.39 is 15.8 Å². The number of benzene rings is 4. The fraction of sp³-hybridized carbons (Fsp3) is 0.591. The Morgan fingerprint density at radius 3 is 1.04 bits per heavy atom. The van der Waals surface area contributed by atoms with E-state index >= 15 is 0 Å². The molecule has 6 nitrogen and oxygen atoms in total. The zero-order chi connectivity index (χ0) is 49.3. The molecule has 9 heteroatoms. The van der Waals surface area contributed by atoms with Gasteiger partial charge in [-0.3, -0.25) is 4.99 Å². The van der Waals surface area contributed by atoms with E-state index in [1.165, 1.54) is 219 Å². The smallest absolute Gasteiger partial charge is 0.129 e. The Morgan fingerprint density at radius 1 is 0.400 bits per heavy atom. The predicted molar refractivity (Wildman–Crippen MR) is 329 cm³/mol. The number of hydrogen-bond donors (Lipinski definition) is 1. The molecule has 6 aliphatic carbocycles. The molecule has 0 aliphatic heterocycles. The normalized spacial score (nSPS) is 19.9. The van der Waals surface area contributed by atoms with Crippen LogP contribution in [0.25, 0.3) is 21.3 Å². The Hall–Kier alpha value is -2.08. The van der Waals surface area contributed by atoms with Crippen molar-refractivity contribution in [2.45, 2.75) is 248 Å². The number of nitrogens with one attached hydrogen (secondary N) is 1. The minimum Gasteiger partial charge on any atom is -0.675 e. The number of aliphatic imine (C=N–C) groups is 1. The molecule has 10 rings (SSSR count). The van der Waals surface area contributed by atoms with Crippen LogP contribution in [0.2, 0.25) is 0 Å². The van der Waals surface area contributed by atoms with Gasteiger partial charge in [0, 0.05) is 39.8 Å². The van der Waals surface area contributed by atoms with Gasteiger partial charge in [-0.25, -0.2) is 12.1 Å². The van der Waals surface area contributed by atoms with Gasteiger partial charge < -0.3 is 41.4 Å². The van der Waals surface area contributed by atoms with Crippen molar-refractivity contribution in [1.82, 2.24) is 5.32 Å². The van der Waals surface area contributed by atoms with E-state index in [1.807, 2.05) is 0 Å². The Morgan fingerprint density at radius 2 is 0.693 bits per heavy atom. The second kappa shape index (κ2) is 37.0. The molecule has 0 radical (unpaired) electrons. The molecular formula is C66H98HfN6P2-6. The zero-order valence-corrected chi connectivity index (χ0v) is 52.4. The summed E-state index contributed by atoms with van der Waals surface area (Å²) in [6.07, 6.45) is 40.2. The minimum absolute atomic E-state index is 0. The molecule has 4 aromatic carbocycles. The van der Waals surface area contributed by atoms with Crippen LogP contribution in [-0.4, -0.2) is 53.9 Å². The first-order chi connectivity index (χ1) is 35.6. The molecule has 0 bridgehead atoms. The van der Waals surface area contributed by atoms with Crippen LogP contribution in [0.4, 0.5) is 0 Å². The first-order valence-electron chi connectivity index (χ1n) is 29.6. The van der Waals surface area contributed by atoms with Crippen LogP contribution in [0.5, 0.6) is 0 Å². The van der Waals surface area contributed by atoms with Gasteiger partial charge in [-0.2, -0.15) is 0 Å². The first-order valence-corrected chi connectivity index (χ1v) is 32.3. The van der Waals surface area contributed by atoms with Crippen molar-refractivity contribution in [2.75, 3.05) is 0 Å². The van der Waals surface area contributed by atoms with Crippen LogP contribution in [0.15, 0.2) is 126 Å². The Kier molecular flexibility index (Phi) is 31.4. The molecule has 0 aromatic heterocycles. The van der Waals surface area contributed by atoms with Crippen LogP contribution in [0.1, 0.15) is 200 Å². The summed E-state index contributed by atoms with van der Waals surface area (Å²) in [7, 11) is -1.22. The number of amidine groups is 1. The fourth-order valence-electron chi connectivity index (χ4n) is 12.2. The Labute approximate surface area is 480 Å². The van der Waals surface area contributed by atoms with Gasteiger partial charge in [0.2, 0.25) is 0 Å². The largest absolute Gasteiger partial charge is 0.675 e. The summed E-state index contributed by atoms with van der Waals surface area (Å²) in [5.74, 6) is 0.103. The maximum Gasteiger partial charge on any atom is 0.129 e. The molecule has 75 heavy (non-hydrogen) atoms. The summed E-state index contributed by atoms with van der Waals surface area (Å²) in [6, 6.07) is 47.5. The van der Waals surface area contributed by atoms with Gasteiger partial charge in [-0.05, 0) is 46.9 Å². The SMILES string of the molecule is CC([N-]C1CCCCC1)[N-]C1CCCCC1.[CH3-].[CH3-].[Hf].c1ccc(P(C(=NC2CCCCC2)NC2CCCCC2)c2ccccc2)cc1.c1ccc(P(c2ccccc2)C([N-]C2CCCCC2)[N-]C2CCCCC2)cc1. The average Bonchev–Trinajstić information content (AvgIpc) is 3.44. The molecule has 1 N–H and O–H groups in total. The maximum atomic E-state index is 5.44.